The summed E-state index contributed by atoms with van der Waals surface area (Å²) in [6.07, 6.45) is 0.669. The number of carbonyl (C=O) groups is 1. The zero-order chi connectivity index (χ0) is 15.5. The van der Waals surface area contributed by atoms with Gasteiger partial charge in [0.15, 0.2) is 0 Å². The summed E-state index contributed by atoms with van der Waals surface area (Å²) >= 11 is 0. The van der Waals surface area contributed by atoms with Crippen molar-refractivity contribution in [3.05, 3.63) is 71.3 Å². The van der Waals surface area contributed by atoms with Crippen LogP contribution in [0.5, 0.6) is 0 Å². The Kier molecular flexibility index (Phi) is 4.43. The van der Waals surface area contributed by atoms with Crippen LogP contribution in [0.1, 0.15) is 23.6 Å². The van der Waals surface area contributed by atoms with E-state index < -0.39 is 17.4 Å². The molecule has 0 radical (unpaired) electrons. The Labute approximate surface area is 126 Å². The van der Waals surface area contributed by atoms with Crippen LogP contribution < -0.4 is 11.5 Å². The first kappa shape index (κ1) is 15.3. The number of primary amides is 1. The molecule has 0 spiro atoms. The highest BCUT2D eigenvalue weighted by Gasteiger charge is 2.38. The summed E-state index contributed by atoms with van der Waals surface area (Å²) in [6.45, 7) is 4.05. The lowest BCUT2D eigenvalue weighted by Gasteiger charge is -2.35. The van der Waals surface area contributed by atoms with E-state index in [1.54, 1.807) is 0 Å². The molecule has 0 aliphatic rings. The number of hydrogen-bond donors (Lipinski definition) is 2. The Bertz CT molecular complexity index is 624. The van der Waals surface area contributed by atoms with Gasteiger partial charge in [-0.1, -0.05) is 61.5 Å². The van der Waals surface area contributed by atoms with Gasteiger partial charge in [-0.2, -0.15) is 0 Å². The number of carbonyl (C=O) groups excluding carboxylic acids is 1. The molecule has 0 saturated carbocycles. The van der Waals surface area contributed by atoms with Gasteiger partial charge in [-0.25, -0.2) is 0 Å². The maximum absolute atomic E-state index is 11.7. The molecule has 0 aliphatic heterocycles. The molecule has 0 saturated heterocycles. The summed E-state index contributed by atoms with van der Waals surface area (Å²) in [5, 5.41) is 0. The van der Waals surface area contributed by atoms with Crippen molar-refractivity contribution in [3.63, 3.8) is 0 Å². The zero-order valence-electron chi connectivity index (χ0n) is 12.5. The largest absolute Gasteiger partial charge is 0.368 e. The monoisotopic (exact) mass is 282 g/mol. The molecule has 0 bridgehead atoms. The molecular weight excluding hydrogens is 260 g/mol. The Morgan fingerprint density at radius 3 is 2.24 bits per heavy atom. The van der Waals surface area contributed by atoms with Crippen molar-refractivity contribution in [2.45, 2.75) is 31.7 Å². The molecule has 2 rings (SSSR count). The van der Waals surface area contributed by atoms with Crippen LogP contribution in [-0.4, -0.2) is 11.9 Å². The first-order valence-electron chi connectivity index (χ1n) is 7.10. The Morgan fingerprint density at radius 2 is 1.67 bits per heavy atom. The molecule has 2 aromatic rings. The van der Waals surface area contributed by atoms with Gasteiger partial charge in [0.05, 0.1) is 6.04 Å². The summed E-state index contributed by atoms with van der Waals surface area (Å²) in [4.78, 5) is 11.7. The van der Waals surface area contributed by atoms with Crippen LogP contribution in [-0.2, 0) is 16.6 Å². The van der Waals surface area contributed by atoms with Crippen LogP contribution in [0, 0.1) is 6.92 Å². The lowest BCUT2D eigenvalue weighted by molar-refractivity contribution is -0.120. The van der Waals surface area contributed by atoms with Gasteiger partial charge in [0.2, 0.25) is 5.91 Å². The summed E-state index contributed by atoms with van der Waals surface area (Å²) < 4.78 is 0. The van der Waals surface area contributed by atoms with Crippen molar-refractivity contribution in [1.82, 2.24) is 0 Å². The molecule has 3 nitrogen and oxygen atoms in total. The number of nitrogens with two attached hydrogens (primary N) is 2. The van der Waals surface area contributed by atoms with Crippen LogP contribution in [0.15, 0.2) is 54.6 Å². The van der Waals surface area contributed by atoms with E-state index in [0.29, 0.717) is 6.42 Å². The third-order valence-electron chi connectivity index (χ3n) is 4.17. The molecule has 2 unspecified atom stereocenters. The SMILES string of the molecule is Cc1ccccc1C(C)(Cc1ccccc1)C(N)C(N)=O. The van der Waals surface area contributed by atoms with Crippen LogP contribution in [0.25, 0.3) is 0 Å². The molecule has 4 N–H and O–H groups in total. The van der Waals surface area contributed by atoms with Gasteiger partial charge in [-0.05, 0) is 30.0 Å². The van der Waals surface area contributed by atoms with Crippen LogP contribution in [0.2, 0.25) is 0 Å². The van der Waals surface area contributed by atoms with Crippen LogP contribution in [0.4, 0.5) is 0 Å². The average molecular weight is 282 g/mol. The number of aryl methyl sites for hydroxylation is 1. The van der Waals surface area contributed by atoms with Crippen molar-refractivity contribution in [3.8, 4) is 0 Å². The summed E-state index contributed by atoms with van der Waals surface area (Å²) in [6, 6.07) is 17.3. The first-order valence-corrected chi connectivity index (χ1v) is 7.10. The van der Waals surface area contributed by atoms with Gasteiger partial charge in [-0.3, -0.25) is 4.79 Å². The number of hydrogen-bond acceptors (Lipinski definition) is 2. The maximum atomic E-state index is 11.7. The highest BCUT2D eigenvalue weighted by molar-refractivity contribution is 5.82. The van der Waals surface area contributed by atoms with Crippen molar-refractivity contribution in [2.75, 3.05) is 0 Å². The molecular formula is C18H22N2O. The van der Waals surface area contributed by atoms with E-state index in [0.717, 1.165) is 16.7 Å². The number of rotatable bonds is 5. The molecule has 0 aliphatic carbocycles. The van der Waals surface area contributed by atoms with Gasteiger partial charge >= 0.3 is 0 Å². The standard InChI is InChI=1S/C18H22N2O/c1-13-8-6-7-11-15(13)18(2,16(19)17(20)21)12-14-9-4-3-5-10-14/h3-11,16H,12,19H2,1-2H3,(H2,20,21). The van der Waals surface area contributed by atoms with Crippen LogP contribution in [0.3, 0.4) is 0 Å². The van der Waals surface area contributed by atoms with Crippen molar-refractivity contribution in [2.24, 2.45) is 11.5 Å². The van der Waals surface area contributed by atoms with Crippen molar-refractivity contribution < 1.29 is 4.79 Å². The minimum absolute atomic E-state index is 0.475. The molecule has 3 heteroatoms. The molecule has 21 heavy (non-hydrogen) atoms. The third kappa shape index (κ3) is 3.14. The van der Waals surface area contributed by atoms with E-state index in [2.05, 4.69) is 0 Å². The Hall–Kier alpha value is -2.13. The fraction of sp³-hybridized carbons (Fsp3) is 0.278. The zero-order valence-corrected chi connectivity index (χ0v) is 12.5. The van der Waals surface area contributed by atoms with Crippen molar-refractivity contribution in [1.29, 1.82) is 0 Å². The predicted molar refractivity (Wildman–Crippen MR) is 85.8 cm³/mol. The number of amides is 1. The third-order valence-corrected chi connectivity index (χ3v) is 4.17. The normalized spacial score (nSPS) is 15.2. The second-order valence-corrected chi connectivity index (χ2v) is 5.77. The van der Waals surface area contributed by atoms with Gasteiger partial charge < -0.3 is 11.5 Å². The molecule has 1 amide bonds. The van der Waals surface area contributed by atoms with Gasteiger partial charge in [0.1, 0.15) is 0 Å². The van der Waals surface area contributed by atoms with Gasteiger partial charge in [-0.15, -0.1) is 0 Å². The fourth-order valence-corrected chi connectivity index (χ4v) is 2.92. The summed E-state index contributed by atoms with van der Waals surface area (Å²) in [5.41, 5.74) is 14.5. The molecule has 2 aromatic carbocycles. The Morgan fingerprint density at radius 1 is 1.10 bits per heavy atom. The average Bonchev–Trinajstić information content (AvgIpc) is 2.47. The second-order valence-electron chi connectivity index (χ2n) is 5.77. The fourth-order valence-electron chi connectivity index (χ4n) is 2.92. The number of benzene rings is 2. The Balaban J connectivity index is 2.50. The van der Waals surface area contributed by atoms with E-state index in [1.807, 2.05) is 68.4 Å². The van der Waals surface area contributed by atoms with E-state index >= 15 is 0 Å². The summed E-state index contributed by atoms with van der Waals surface area (Å²) in [7, 11) is 0. The molecule has 2 atom stereocenters. The van der Waals surface area contributed by atoms with Crippen LogP contribution >= 0.6 is 0 Å². The molecule has 0 heterocycles. The smallest absolute Gasteiger partial charge is 0.235 e. The minimum Gasteiger partial charge on any atom is -0.368 e. The first-order chi connectivity index (χ1) is 9.95. The maximum Gasteiger partial charge on any atom is 0.235 e. The predicted octanol–water partition coefficient (Wildman–Crippen LogP) is 2.31. The van der Waals surface area contributed by atoms with E-state index in [4.69, 9.17) is 11.5 Å². The quantitative estimate of drug-likeness (QED) is 0.883. The van der Waals surface area contributed by atoms with E-state index in [-0.39, 0.29) is 0 Å². The minimum atomic E-state index is -0.737. The molecule has 0 aromatic heterocycles. The van der Waals surface area contributed by atoms with Gasteiger partial charge in [0.25, 0.3) is 0 Å². The summed E-state index contributed by atoms with van der Waals surface area (Å²) in [5.74, 6) is -0.475. The van der Waals surface area contributed by atoms with Crippen molar-refractivity contribution >= 4 is 5.91 Å². The van der Waals surface area contributed by atoms with E-state index in [9.17, 15) is 4.79 Å². The van der Waals surface area contributed by atoms with Gasteiger partial charge in [0, 0.05) is 5.41 Å². The highest BCUT2D eigenvalue weighted by atomic mass is 16.1. The molecule has 0 fully saturated rings. The molecule has 110 valence electrons. The topological polar surface area (TPSA) is 69.1 Å². The van der Waals surface area contributed by atoms with E-state index in [1.165, 1.54) is 0 Å². The lowest BCUT2D eigenvalue weighted by Crippen LogP contribution is -2.53. The second kappa shape index (κ2) is 6.10. The highest BCUT2D eigenvalue weighted by Crippen LogP contribution is 2.33. The lowest BCUT2D eigenvalue weighted by atomic mass is 9.70.